The molecule has 0 saturated carbocycles. The molecule has 3 heteroatoms. The molecule has 0 aliphatic carbocycles. The molecule has 2 aromatic rings. The van der Waals surface area contributed by atoms with Crippen LogP contribution in [0.1, 0.15) is 12.1 Å². The van der Waals surface area contributed by atoms with Crippen molar-refractivity contribution >= 4 is 10.8 Å². The molecule has 0 atom stereocenters. The first kappa shape index (κ1) is 9.93. The van der Waals surface area contributed by atoms with Gasteiger partial charge in [-0.05, 0) is 30.4 Å². The summed E-state index contributed by atoms with van der Waals surface area (Å²) in [7, 11) is 0. The van der Waals surface area contributed by atoms with Gasteiger partial charge in [-0.2, -0.15) is 0 Å². The highest BCUT2D eigenvalue weighted by molar-refractivity contribution is 5.81. The van der Waals surface area contributed by atoms with Gasteiger partial charge in [-0.3, -0.25) is 4.79 Å². The van der Waals surface area contributed by atoms with Crippen molar-refractivity contribution in [1.29, 1.82) is 0 Å². The van der Waals surface area contributed by atoms with Gasteiger partial charge in [-0.25, -0.2) is 0 Å². The van der Waals surface area contributed by atoms with Crippen LogP contribution in [0.25, 0.3) is 10.8 Å². The first-order valence-corrected chi connectivity index (χ1v) is 5.03. The fourth-order valence-corrected chi connectivity index (χ4v) is 1.67. The highest BCUT2D eigenvalue weighted by Crippen LogP contribution is 2.10. The second-order valence-electron chi connectivity index (χ2n) is 3.54. The molecule has 1 aromatic carbocycles. The molecule has 0 bridgehead atoms. The largest absolute Gasteiger partial charge is 0.396 e. The van der Waals surface area contributed by atoms with Gasteiger partial charge in [0.2, 0.25) is 0 Å². The van der Waals surface area contributed by atoms with E-state index in [9.17, 15) is 4.79 Å². The number of nitrogens with one attached hydrogen (secondary N) is 1. The summed E-state index contributed by atoms with van der Waals surface area (Å²) >= 11 is 0. The number of aryl methyl sites for hydroxylation is 1. The Kier molecular flexibility index (Phi) is 2.83. The van der Waals surface area contributed by atoms with Crippen molar-refractivity contribution in [2.24, 2.45) is 0 Å². The van der Waals surface area contributed by atoms with Crippen LogP contribution in [0.3, 0.4) is 0 Å². The molecule has 0 amide bonds. The van der Waals surface area contributed by atoms with Gasteiger partial charge in [0.1, 0.15) is 0 Å². The van der Waals surface area contributed by atoms with Crippen LogP contribution in [-0.4, -0.2) is 16.7 Å². The fourth-order valence-electron chi connectivity index (χ4n) is 1.67. The molecule has 2 N–H and O–H groups in total. The molecule has 0 fully saturated rings. The maximum atomic E-state index is 11.6. The molecule has 0 spiro atoms. The molecule has 0 aliphatic rings. The van der Waals surface area contributed by atoms with E-state index in [1.165, 1.54) is 0 Å². The van der Waals surface area contributed by atoms with Gasteiger partial charge < -0.3 is 10.1 Å². The van der Waals surface area contributed by atoms with Crippen molar-refractivity contribution in [3.05, 3.63) is 46.4 Å². The zero-order valence-corrected chi connectivity index (χ0v) is 8.36. The lowest BCUT2D eigenvalue weighted by Crippen LogP contribution is -2.09. The average Bonchev–Trinajstić information content (AvgIpc) is 2.26. The molecule has 0 saturated heterocycles. The Morgan fingerprint density at radius 1 is 1.27 bits per heavy atom. The molecule has 0 unspecified atom stereocenters. The Morgan fingerprint density at radius 2 is 2.07 bits per heavy atom. The van der Waals surface area contributed by atoms with Crippen molar-refractivity contribution in [1.82, 2.24) is 4.98 Å². The van der Waals surface area contributed by atoms with Crippen LogP contribution in [0, 0.1) is 0 Å². The first-order chi connectivity index (χ1) is 7.31. The average molecular weight is 203 g/mol. The zero-order valence-electron chi connectivity index (χ0n) is 8.36. The van der Waals surface area contributed by atoms with Crippen LogP contribution in [0.5, 0.6) is 0 Å². The monoisotopic (exact) mass is 203 g/mol. The third-order valence-corrected chi connectivity index (χ3v) is 2.41. The van der Waals surface area contributed by atoms with Crippen molar-refractivity contribution < 1.29 is 5.11 Å². The molecule has 0 radical (unpaired) electrons. The van der Waals surface area contributed by atoms with E-state index in [0.717, 1.165) is 11.1 Å². The van der Waals surface area contributed by atoms with Gasteiger partial charge in [0.15, 0.2) is 0 Å². The number of aromatic nitrogens is 1. The molecule has 1 aromatic heterocycles. The first-order valence-electron chi connectivity index (χ1n) is 5.03. The minimum absolute atomic E-state index is 0.0546. The minimum Gasteiger partial charge on any atom is -0.396 e. The number of rotatable bonds is 3. The van der Waals surface area contributed by atoms with Crippen molar-refractivity contribution in [2.75, 3.05) is 6.61 Å². The van der Waals surface area contributed by atoms with Crippen LogP contribution in [0.15, 0.2) is 35.1 Å². The maximum absolute atomic E-state index is 11.6. The van der Waals surface area contributed by atoms with Crippen LogP contribution in [-0.2, 0) is 6.42 Å². The second-order valence-corrected chi connectivity index (χ2v) is 3.54. The second kappa shape index (κ2) is 4.28. The number of fused-ring (bicyclic) bond motifs is 1. The Balaban J connectivity index is 2.48. The summed E-state index contributed by atoms with van der Waals surface area (Å²) in [5.74, 6) is 0. The number of H-pyrrole nitrogens is 1. The van der Waals surface area contributed by atoms with E-state index < -0.39 is 0 Å². The van der Waals surface area contributed by atoms with Gasteiger partial charge in [0.05, 0.1) is 0 Å². The van der Waals surface area contributed by atoms with E-state index >= 15 is 0 Å². The van der Waals surface area contributed by atoms with Crippen molar-refractivity contribution in [2.45, 2.75) is 12.8 Å². The van der Waals surface area contributed by atoms with Crippen LogP contribution >= 0.6 is 0 Å². The Bertz CT molecular complexity index is 516. The Morgan fingerprint density at radius 3 is 2.87 bits per heavy atom. The molecule has 78 valence electrons. The van der Waals surface area contributed by atoms with Crippen LogP contribution in [0.4, 0.5) is 0 Å². The highest BCUT2D eigenvalue weighted by Gasteiger charge is 2.00. The van der Waals surface area contributed by atoms with E-state index in [4.69, 9.17) is 5.11 Å². The van der Waals surface area contributed by atoms with Crippen LogP contribution in [0.2, 0.25) is 0 Å². The summed E-state index contributed by atoms with van der Waals surface area (Å²) < 4.78 is 0. The number of aliphatic hydroxyl groups is 1. The predicted octanol–water partition coefficient (Wildman–Crippen LogP) is 1.45. The summed E-state index contributed by atoms with van der Waals surface area (Å²) in [5, 5.41) is 10.4. The fraction of sp³-hybridized carbons (Fsp3) is 0.250. The maximum Gasteiger partial charge on any atom is 0.256 e. The third-order valence-electron chi connectivity index (χ3n) is 2.41. The summed E-state index contributed by atoms with van der Waals surface area (Å²) in [6.45, 7) is 0.148. The molecule has 2 rings (SSSR count). The number of benzene rings is 1. The molecule has 1 heterocycles. The molecular weight excluding hydrogens is 190 g/mol. The highest BCUT2D eigenvalue weighted by atomic mass is 16.2. The number of hydrogen-bond acceptors (Lipinski definition) is 2. The third kappa shape index (κ3) is 2.07. The van der Waals surface area contributed by atoms with Gasteiger partial charge in [0.25, 0.3) is 5.56 Å². The van der Waals surface area contributed by atoms with Crippen LogP contribution < -0.4 is 5.56 Å². The SMILES string of the molecule is O=c1[nH]c(CCCO)cc2ccccc12. The number of aliphatic hydroxyl groups excluding tert-OH is 1. The predicted molar refractivity (Wildman–Crippen MR) is 60.0 cm³/mol. The summed E-state index contributed by atoms with van der Waals surface area (Å²) in [5.41, 5.74) is 0.828. The van der Waals surface area contributed by atoms with Crippen molar-refractivity contribution in [3.63, 3.8) is 0 Å². The normalized spacial score (nSPS) is 10.7. The lowest BCUT2D eigenvalue weighted by Gasteiger charge is -2.02. The quantitative estimate of drug-likeness (QED) is 0.793. The zero-order chi connectivity index (χ0) is 10.7. The minimum atomic E-state index is -0.0546. The standard InChI is InChI=1S/C12H13NO2/c14-7-3-5-10-8-9-4-1-2-6-11(9)12(15)13-10/h1-2,4,6,8,14H,3,5,7H2,(H,13,15). The van der Waals surface area contributed by atoms with E-state index in [1.807, 2.05) is 30.3 Å². The van der Waals surface area contributed by atoms with Crippen molar-refractivity contribution in [3.8, 4) is 0 Å². The molecule has 0 aliphatic heterocycles. The number of hydrogen-bond donors (Lipinski definition) is 2. The van der Waals surface area contributed by atoms with E-state index in [1.54, 1.807) is 0 Å². The van der Waals surface area contributed by atoms with Gasteiger partial charge >= 0.3 is 0 Å². The summed E-state index contributed by atoms with van der Waals surface area (Å²) in [6.07, 6.45) is 1.38. The van der Waals surface area contributed by atoms with Gasteiger partial charge in [-0.1, -0.05) is 18.2 Å². The van der Waals surface area contributed by atoms with Gasteiger partial charge in [-0.15, -0.1) is 0 Å². The van der Waals surface area contributed by atoms with E-state index in [2.05, 4.69) is 4.98 Å². The topological polar surface area (TPSA) is 53.1 Å². The summed E-state index contributed by atoms with van der Waals surface area (Å²) in [6, 6.07) is 9.46. The summed E-state index contributed by atoms with van der Waals surface area (Å²) in [4.78, 5) is 14.5. The number of pyridine rings is 1. The smallest absolute Gasteiger partial charge is 0.256 e. The molecular formula is C12H13NO2. The van der Waals surface area contributed by atoms with E-state index in [-0.39, 0.29) is 12.2 Å². The van der Waals surface area contributed by atoms with Gasteiger partial charge in [0, 0.05) is 17.7 Å². The lowest BCUT2D eigenvalue weighted by molar-refractivity contribution is 0.288. The molecule has 15 heavy (non-hydrogen) atoms. The number of aromatic amines is 1. The lowest BCUT2D eigenvalue weighted by atomic mass is 10.1. The molecule has 3 nitrogen and oxygen atoms in total. The van der Waals surface area contributed by atoms with E-state index in [0.29, 0.717) is 18.2 Å². The Labute approximate surface area is 87.4 Å². The Hall–Kier alpha value is -1.61.